The number of carbonyl (C=O) groups is 1. The van der Waals surface area contributed by atoms with E-state index in [4.69, 9.17) is 10.2 Å². The third-order valence-corrected chi connectivity index (χ3v) is 0.222. The number of aliphatic hydroxyl groups excluding tert-OH is 1. The van der Waals surface area contributed by atoms with E-state index in [0.717, 1.165) is 0 Å². The number of aliphatic hydroxyl groups is 2. The fraction of sp³-hybridized carbons (Fsp3) is 0.500. The number of ether oxygens (including phenoxy) is 1. The topological polar surface area (TPSA) is 92.8 Å². The Kier molecular flexibility index (Phi) is 2.10. The summed E-state index contributed by atoms with van der Waals surface area (Å²) in [5, 5.41) is 15.5. The lowest BCUT2D eigenvalue weighted by atomic mass is 11.2. The predicted molar refractivity (Wildman–Crippen MR) is 18.9 cm³/mol. The zero-order chi connectivity index (χ0) is 5.86. The van der Waals surface area contributed by atoms with Gasteiger partial charge in [-0.2, -0.15) is 0 Å². The fourth-order valence-electron chi connectivity index (χ4n) is 0.104. The molecule has 0 aliphatic rings. The lowest BCUT2D eigenvalue weighted by molar-refractivity contribution is -0.196. The molecule has 4 N–H and O–H groups in total. The van der Waals surface area contributed by atoms with Gasteiger partial charge in [-0.15, -0.1) is 0 Å². The van der Waals surface area contributed by atoms with Gasteiger partial charge in [0.15, 0.2) is 0 Å². The van der Waals surface area contributed by atoms with E-state index in [1.807, 2.05) is 0 Å². The summed E-state index contributed by atoms with van der Waals surface area (Å²) in [5.41, 5.74) is 4.31. The van der Waals surface area contributed by atoms with Crippen molar-refractivity contribution in [2.45, 2.75) is 6.48 Å². The van der Waals surface area contributed by atoms with Crippen molar-refractivity contribution in [3.63, 3.8) is 0 Å². The number of carbonyl (C=O) groups excluding carboxylic acids is 1. The van der Waals surface area contributed by atoms with Gasteiger partial charge in [0, 0.05) is 0 Å². The van der Waals surface area contributed by atoms with Gasteiger partial charge < -0.3 is 20.7 Å². The summed E-state index contributed by atoms with van der Waals surface area (Å²) in [5.74, 6) is 0. The minimum absolute atomic E-state index is 1.21. The number of amides is 1. The molecule has 0 spiro atoms. The van der Waals surface area contributed by atoms with E-state index < -0.39 is 12.6 Å². The summed E-state index contributed by atoms with van der Waals surface area (Å²) in [6.45, 7) is -2.10. The van der Waals surface area contributed by atoms with Crippen molar-refractivity contribution in [3.05, 3.63) is 0 Å². The van der Waals surface area contributed by atoms with E-state index >= 15 is 0 Å². The van der Waals surface area contributed by atoms with Crippen LogP contribution in [0.2, 0.25) is 0 Å². The fourth-order valence-corrected chi connectivity index (χ4v) is 0.104. The van der Waals surface area contributed by atoms with Gasteiger partial charge in [0.1, 0.15) is 0 Å². The van der Waals surface area contributed by atoms with Gasteiger partial charge in [-0.25, -0.2) is 4.79 Å². The molecule has 42 valence electrons. The zero-order valence-electron chi connectivity index (χ0n) is 3.37. The first-order valence-corrected chi connectivity index (χ1v) is 1.45. The van der Waals surface area contributed by atoms with Crippen LogP contribution in [0, 0.1) is 0 Å². The third-order valence-electron chi connectivity index (χ3n) is 0.222. The maximum atomic E-state index is 9.49. The van der Waals surface area contributed by atoms with Crippen LogP contribution in [0.1, 0.15) is 0 Å². The predicted octanol–water partition coefficient (Wildman–Crippen LogP) is -1.65. The first-order valence-electron chi connectivity index (χ1n) is 1.45. The largest absolute Gasteiger partial charge is 0.408 e. The maximum absolute atomic E-state index is 9.49. The molecule has 0 aromatic rings. The van der Waals surface area contributed by atoms with Crippen LogP contribution < -0.4 is 5.73 Å². The summed E-state index contributed by atoms with van der Waals surface area (Å²) in [7, 11) is 0. The van der Waals surface area contributed by atoms with Crippen molar-refractivity contribution >= 4 is 6.09 Å². The molecule has 0 radical (unpaired) electrons. The number of hydrogen-bond acceptors (Lipinski definition) is 4. The average Bonchev–Trinajstić information content (AvgIpc) is 1.27. The lowest BCUT2D eigenvalue weighted by Gasteiger charge is -1.98. The Bertz CT molecular complexity index is 70.1. The Morgan fingerprint density at radius 3 is 2.14 bits per heavy atom. The van der Waals surface area contributed by atoms with Crippen LogP contribution in [-0.4, -0.2) is 22.8 Å². The summed E-state index contributed by atoms with van der Waals surface area (Å²) < 4.78 is 3.50. The summed E-state index contributed by atoms with van der Waals surface area (Å²) in [6, 6.07) is 0. The van der Waals surface area contributed by atoms with Crippen LogP contribution in [0.4, 0.5) is 4.79 Å². The minimum Gasteiger partial charge on any atom is -0.394 e. The molecule has 7 heavy (non-hydrogen) atoms. The second kappa shape index (κ2) is 2.38. The van der Waals surface area contributed by atoms with E-state index in [1.165, 1.54) is 0 Å². The van der Waals surface area contributed by atoms with Gasteiger partial charge in [0.25, 0.3) is 0 Å². The van der Waals surface area contributed by atoms with Crippen molar-refractivity contribution in [1.29, 1.82) is 0 Å². The SMILES string of the molecule is NC(=O)OC(O)O. The van der Waals surface area contributed by atoms with Crippen LogP contribution in [0.5, 0.6) is 0 Å². The van der Waals surface area contributed by atoms with Crippen molar-refractivity contribution in [3.8, 4) is 0 Å². The van der Waals surface area contributed by atoms with Crippen molar-refractivity contribution < 1.29 is 19.7 Å². The Hall–Kier alpha value is -0.810. The Morgan fingerprint density at radius 2 is 2.14 bits per heavy atom. The van der Waals surface area contributed by atoms with Gasteiger partial charge >= 0.3 is 12.6 Å². The highest BCUT2D eigenvalue weighted by atomic mass is 16.8. The smallest absolute Gasteiger partial charge is 0.394 e. The van der Waals surface area contributed by atoms with Crippen LogP contribution in [0.3, 0.4) is 0 Å². The number of hydrogen-bond donors (Lipinski definition) is 3. The number of primary amides is 1. The highest BCUT2D eigenvalue weighted by Crippen LogP contribution is 1.75. The molecule has 1 amide bonds. The Morgan fingerprint density at radius 1 is 1.71 bits per heavy atom. The van der Waals surface area contributed by atoms with E-state index in [0.29, 0.717) is 0 Å². The first-order chi connectivity index (χ1) is 3.13. The quantitative estimate of drug-likeness (QED) is 0.350. The molecule has 0 aromatic carbocycles. The Balaban J connectivity index is 3.13. The molecule has 0 heterocycles. The molecule has 0 saturated carbocycles. The van der Waals surface area contributed by atoms with Crippen LogP contribution >= 0.6 is 0 Å². The van der Waals surface area contributed by atoms with E-state index in [2.05, 4.69) is 10.5 Å². The molecule has 5 nitrogen and oxygen atoms in total. The minimum atomic E-state index is -2.10. The molecule has 0 fully saturated rings. The zero-order valence-corrected chi connectivity index (χ0v) is 3.37. The highest BCUT2D eigenvalue weighted by molar-refractivity contribution is 5.64. The van der Waals surface area contributed by atoms with Crippen LogP contribution in [0.15, 0.2) is 0 Å². The molecule has 0 aromatic heterocycles. The van der Waals surface area contributed by atoms with Crippen molar-refractivity contribution in [1.82, 2.24) is 0 Å². The molecule has 0 rings (SSSR count). The first kappa shape index (κ1) is 6.19. The van der Waals surface area contributed by atoms with E-state index in [-0.39, 0.29) is 0 Å². The number of rotatable bonds is 1. The van der Waals surface area contributed by atoms with E-state index in [9.17, 15) is 4.79 Å². The molecule has 0 saturated heterocycles. The van der Waals surface area contributed by atoms with E-state index in [1.54, 1.807) is 0 Å². The molecule has 0 atom stereocenters. The van der Waals surface area contributed by atoms with Crippen molar-refractivity contribution in [2.24, 2.45) is 5.73 Å². The van der Waals surface area contributed by atoms with Crippen molar-refractivity contribution in [2.75, 3.05) is 0 Å². The normalized spacial score (nSPS) is 9.00. The van der Waals surface area contributed by atoms with Gasteiger partial charge in [-0.3, -0.25) is 0 Å². The molecule has 0 aliphatic heterocycles. The summed E-state index contributed by atoms with van der Waals surface area (Å²) >= 11 is 0. The highest BCUT2D eigenvalue weighted by Gasteiger charge is 1.98. The molecule has 0 unspecified atom stereocenters. The lowest BCUT2D eigenvalue weighted by Crippen LogP contribution is -2.21. The Labute approximate surface area is 39.3 Å². The van der Waals surface area contributed by atoms with Crippen LogP contribution in [-0.2, 0) is 4.74 Å². The van der Waals surface area contributed by atoms with Gasteiger partial charge in [-0.05, 0) is 0 Å². The standard InChI is InChI=1S/C2H5NO4/c3-1(4)7-2(5)6/h2,5-6H,(H2,3,4). The second-order valence-electron chi connectivity index (χ2n) is 0.763. The van der Waals surface area contributed by atoms with Crippen LogP contribution in [0.25, 0.3) is 0 Å². The molecular weight excluding hydrogens is 102 g/mol. The molecule has 0 bridgehead atoms. The molecule has 5 heteroatoms. The average molecular weight is 107 g/mol. The molecular formula is C2H5NO4. The number of nitrogens with two attached hydrogens (primary N) is 1. The third kappa shape index (κ3) is 5.19. The summed E-state index contributed by atoms with van der Waals surface area (Å²) in [6.07, 6.45) is -1.21. The maximum Gasteiger partial charge on any atom is 0.408 e. The monoisotopic (exact) mass is 107 g/mol. The summed E-state index contributed by atoms with van der Waals surface area (Å²) in [4.78, 5) is 9.49. The molecule has 0 aliphatic carbocycles. The van der Waals surface area contributed by atoms with Gasteiger partial charge in [-0.1, -0.05) is 0 Å². The van der Waals surface area contributed by atoms with Gasteiger partial charge in [0.05, 0.1) is 0 Å². The second-order valence-corrected chi connectivity index (χ2v) is 0.763. The van der Waals surface area contributed by atoms with Gasteiger partial charge in [0.2, 0.25) is 0 Å².